The number of benzene rings is 1. The molecule has 2 heterocycles. The van der Waals surface area contributed by atoms with Crippen LogP contribution in [0.1, 0.15) is 11.3 Å². The van der Waals surface area contributed by atoms with Gasteiger partial charge in [0, 0.05) is 40.6 Å². The SMILES string of the molecule is Cc1[nH]c(-c2c[nH]c3ccc(O)cc23)cc1CN. The van der Waals surface area contributed by atoms with Crippen molar-refractivity contribution in [2.24, 2.45) is 5.73 Å². The van der Waals surface area contributed by atoms with Gasteiger partial charge in [-0.3, -0.25) is 0 Å². The number of H-pyrrole nitrogens is 2. The van der Waals surface area contributed by atoms with Gasteiger partial charge in [0.25, 0.3) is 0 Å². The van der Waals surface area contributed by atoms with Crippen molar-refractivity contribution in [2.75, 3.05) is 0 Å². The fraction of sp³-hybridized carbons (Fsp3) is 0.143. The average Bonchev–Trinajstić information content (AvgIpc) is 2.91. The summed E-state index contributed by atoms with van der Waals surface area (Å²) in [5.41, 5.74) is 10.9. The molecule has 0 saturated carbocycles. The number of aromatic amines is 2. The minimum atomic E-state index is 0.269. The van der Waals surface area contributed by atoms with E-state index in [0.717, 1.165) is 33.4 Å². The van der Waals surface area contributed by atoms with Crippen LogP contribution in [0.3, 0.4) is 0 Å². The van der Waals surface area contributed by atoms with Crippen LogP contribution in [0.5, 0.6) is 5.75 Å². The van der Waals surface area contributed by atoms with E-state index in [1.165, 1.54) is 0 Å². The molecule has 0 bridgehead atoms. The van der Waals surface area contributed by atoms with Crippen LogP contribution in [0.25, 0.3) is 22.2 Å². The molecular formula is C14H15N3O. The molecule has 0 saturated heterocycles. The van der Waals surface area contributed by atoms with E-state index in [4.69, 9.17) is 5.73 Å². The predicted molar refractivity (Wildman–Crippen MR) is 72.4 cm³/mol. The highest BCUT2D eigenvalue weighted by atomic mass is 16.3. The van der Waals surface area contributed by atoms with Crippen LogP contribution in [0.4, 0.5) is 0 Å². The largest absolute Gasteiger partial charge is 0.508 e. The minimum absolute atomic E-state index is 0.269. The molecule has 18 heavy (non-hydrogen) atoms. The highest BCUT2D eigenvalue weighted by molar-refractivity contribution is 5.95. The van der Waals surface area contributed by atoms with Crippen LogP contribution < -0.4 is 5.73 Å². The number of phenolic OH excluding ortho intramolecular Hbond substituents is 1. The van der Waals surface area contributed by atoms with Crippen molar-refractivity contribution in [3.8, 4) is 17.0 Å². The summed E-state index contributed by atoms with van der Waals surface area (Å²) in [6.07, 6.45) is 1.94. The molecule has 0 spiro atoms. The molecule has 0 radical (unpaired) electrons. The molecule has 0 atom stereocenters. The number of nitrogens with two attached hydrogens (primary N) is 1. The first kappa shape index (κ1) is 10.9. The summed E-state index contributed by atoms with van der Waals surface area (Å²) in [6.45, 7) is 2.54. The zero-order chi connectivity index (χ0) is 12.7. The van der Waals surface area contributed by atoms with Crippen molar-refractivity contribution < 1.29 is 5.11 Å². The summed E-state index contributed by atoms with van der Waals surface area (Å²) in [7, 11) is 0. The fourth-order valence-corrected chi connectivity index (χ4v) is 2.29. The summed E-state index contributed by atoms with van der Waals surface area (Å²) in [5, 5.41) is 10.6. The molecule has 0 unspecified atom stereocenters. The topological polar surface area (TPSA) is 77.8 Å². The summed E-state index contributed by atoms with van der Waals surface area (Å²) in [4.78, 5) is 6.53. The second-order valence-corrected chi connectivity index (χ2v) is 4.47. The highest BCUT2D eigenvalue weighted by Gasteiger charge is 2.10. The minimum Gasteiger partial charge on any atom is -0.508 e. The third-order valence-electron chi connectivity index (χ3n) is 3.30. The quantitative estimate of drug-likeness (QED) is 0.556. The number of phenols is 1. The standard InChI is InChI=1S/C14H15N3O/c1-8-9(6-15)4-14(17-8)12-7-16-13-3-2-10(18)5-11(12)13/h2-5,7,16-18H,6,15H2,1H3. The number of hydrogen-bond donors (Lipinski definition) is 4. The fourth-order valence-electron chi connectivity index (χ4n) is 2.29. The molecule has 1 aromatic carbocycles. The Hall–Kier alpha value is -2.20. The van der Waals surface area contributed by atoms with Gasteiger partial charge in [0.2, 0.25) is 0 Å². The number of nitrogens with one attached hydrogen (secondary N) is 2. The van der Waals surface area contributed by atoms with Crippen molar-refractivity contribution in [3.05, 3.63) is 41.7 Å². The molecule has 3 aromatic rings. The van der Waals surface area contributed by atoms with Gasteiger partial charge in [-0.15, -0.1) is 0 Å². The second kappa shape index (κ2) is 3.92. The van der Waals surface area contributed by atoms with Gasteiger partial charge < -0.3 is 20.8 Å². The summed E-state index contributed by atoms with van der Waals surface area (Å²) in [6, 6.07) is 7.36. The molecule has 0 fully saturated rings. The maximum absolute atomic E-state index is 9.58. The highest BCUT2D eigenvalue weighted by Crippen LogP contribution is 2.31. The van der Waals surface area contributed by atoms with E-state index in [2.05, 4.69) is 16.0 Å². The first-order chi connectivity index (χ1) is 8.69. The Bertz CT molecular complexity index is 709. The van der Waals surface area contributed by atoms with Crippen molar-refractivity contribution in [3.63, 3.8) is 0 Å². The van der Waals surface area contributed by atoms with Gasteiger partial charge in [-0.1, -0.05) is 0 Å². The maximum Gasteiger partial charge on any atom is 0.116 e. The first-order valence-electron chi connectivity index (χ1n) is 5.88. The third kappa shape index (κ3) is 1.58. The van der Waals surface area contributed by atoms with Gasteiger partial charge in [0.05, 0.1) is 0 Å². The Labute approximate surface area is 104 Å². The normalized spacial score (nSPS) is 11.2. The smallest absolute Gasteiger partial charge is 0.116 e. The lowest BCUT2D eigenvalue weighted by Gasteiger charge is -1.97. The Morgan fingerprint density at radius 2 is 2.11 bits per heavy atom. The van der Waals surface area contributed by atoms with Gasteiger partial charge in [-0.05, 0) is 36.8 Å². The van der Waals surface area contributed by atoms with Crippen molar-refractivity contribution in [1.29, 1.82) is 0 Å². The van der Waals surface area contributed by atoms with E-state index in [1.54, 1.807) is 12.1 Å². The van der Waals surface area contributed by atoms with Gasteiger partial charge >= 0.3 is 0 Å². The number of fused-ring (bicyclic) bond motifs is 1. The molecule has 4 heteroatoms. The van der Waals surface area contributed by atoms with Crippen molar-refractivity contribution in [2.45, 2.75) is 13.5 Å². The van der Waals surface area contributed by atoms with Crippen molar-refractivity contribution in [1.82, 2.24) is 9.97 Å². The van der Waals surface area contributed by atoms with E-state index in [0.29, 0.717) is 6.54 Å². The van der Waals surface area contributed by atoms with Crippen LogP contribution >= 0.6 is 0 Å². The summed E-state index contributed by atoms with van der Waals surface area (Å²) in [5.74, 6) is 0.269. The van der Waals surface area contributed by atoms with E-state index in [1.807, 2.05) is 19.2 Å². The number of aryl methyl sites for hydroxylation is 1. The first-order valence-corrected chi connectivity index (χ1v) is 5.88. The van der Waals surface area contributed by atoms with E-state index >= 15 is 0 Å². The van der Waals surface area contributed by atoms with E-state index < -0.39 is 0 Å². The Morgan fingerprint density at radius 1 is 1.28 bits per heavy atom. The average molecular weight is 241 g/mol. The number of hydrogen-bond acceptors (Lipinski definition) is 2. The molecule has 4 nitrogen and oxygen atoms in total. The molecule has 5 N–H and O–H groups in total. The molecule has 0 aliphatic carbocycles. The molecule has 0 aliphatic heterocycles. The zero-order valence-corrected chi connectivity index (χ0v) is 10.1. The number of aromatic hydroxyl groups is 1. The lowest BCUT2D eigenvalue weighted by atomic mass is 10.1. The Kier molecular flexibility index (Phi) is 2.38. The van der Waals surface area contributed by atoms with Crippen LogP contribution in [-0.4, -0.2) is 15.1 Å². The lowest BCUT2D eigenvalue weighted by Crippen LogP contribution is -1.95. The third-order valence-corrected chi connectivity index (χ3v) is 3.30. The van der Waals surface area contributed by atoms with E-state index in [9.17, 15) is 5.11 Å². The maximum atomic E-state index is 9.58. The molecule has 92 valence electrons. The zero-order valence-electron chi connectivity index (χ0n) is 10.1. The summed E-state index contributed by atoms with van der Waals surface area (Å²) < 4.78 is 0. The number of aromatic nitrogens is 2. The van der Waals surface area contributed by atoms with Gasteiger partial charge in [-0.2, -0.15) is 0 Å². The molecule has 2 aromatic heterocycles. The van der Waals surface area contributed by atoms with Crippen LogP contribution in [0.15, 0.2) is 30.5 Å². The molecule has 3 rings (SSSR count). The molecule has 0 amide bonds. The lowest BCUT2D eigenvalue weighted by molar-refractivity contribution is 0.476. The predicted octanol–water partition coefficient (Wildman–Crippen LogP) is 2.64. The number of rotatable bonds is 2. The monoisotopic (exact) mass is 241 g/mol. The van der Waals surface area contributed by atoms with Crippen molar-refractivity contribution >= 4 is 10.9 Å². The second-order valence-electron chi connectivity index (χ2n) is 4.47. The van der Waals surface area contributed by atoms with Gasteiger partial charge in [-0.25, -0.2) is 0 Å². The van der Waals surface area contributed by atoms with Crippen LogP contribution in [0, 0.1) is 6.92 Å². The Morgan fingerprint density at radius 3 is 2.83 bits per heavy atom. The van der Waals surface area contributed by atoms with Gasteiger partial charge in [0.15, 0.2) is 0 Å². The Balaban J connectivity index is 2.21. The van der Waals surface area contributed by atoms with Crippen LogP contribution in [0.2, 0.25) is 0 Å². The van der Waals surface area contributed by atoms with Crippen LogP contribution in [-0.2, 0) is 6.54 Å². The summed E-state index contributed by atoms with van der Waals surface area (Å²) >= 11 is 0. The van der Waals surface area contributed by atoms with E-state index in [-0.39, 0.29) is 5.75 Å². The van der Waals surface area contributed by atoms with Gasteiger partial charge in [0.1, 0.15) is 5.75 Å². The molecular weight excluding hydrogens is 226 g/mol. The molecule has 0 aliphatic rings.